The fourth-order valence-electron chi connectivity index (χ4n) is 4.65. The molecule has 1 fully saturated rings. The molecule has 2 aromatic rings. The van der Waals surface area contributed by atoms with Gasteiger partial charge in [-0.1, -0.05) is 32.0 Å². The number of carbonyl (C=O) groups is 1. The Bertz CT molecular complexity index is 836. The van der Waals surface area contributed by atoms with Crippen LogP contribution in [0.5, 0.6) is 5.75 Å². The highest BCUT2D eigenvalue weighted by Crippen LogP contribution is 2.42. The molecule has 0 spiro atoms. The quantitative estimate of drug-likeness (QED) is 0.732. The molecule has 0 aromatic heterocycles. The lowest BCUT2D eigenvalue weighted by Crippen LogP contribution is -2.44. The molecule has 4 rings (SSSR count). The van der Waals surface area contributed by atoms with Crippen molar-refractivity contribution in [3.63, 3.8) is 0 Å². The third kappa shape index (κ3) is 4.12. The highest BCUT2D eigenvalue weighted by molar-refractivity contribution is 5.94. The minimum Gasteiger partial charge on any atom is -0.487 e. The molecule has 0 aliphatic carbocycles. The van der Waals surface area contributed by atoms with E-state index < -0.39 is 0 Å². The molecule has 1 atom stereocenters. The van der Waals surface area contributed by atoms with E-state index in [1.165, 1.54) is 24.9 Å². The van der Waals surface area contributed by atoms with Gasteiger partial charge in [0.15, 0.2) is 0 Å². The van der Waals surface area contributed by atoms with Crippen LogP contribution in [0.15, 0.2) is 48.5 Å². The van der Waals surface area contributed by atoms with E-state index >= 15 is 0 Å². The van der Waals surface area contributed by atoms with Gasteiger partial charge in [-0.05, 0) is 62.4 Å². The fraction of sp³-hybridized carbons (Fsp3) is 0.480. The molecule has 2 aliphatic heterocycles. The third-order valence-corrected chi connectivity index (χ3v) is 6.64. The van der Waals surface area contributed by atoms with Gasteiger partial charge in [-0.25, -0.2) is 0 Å². The van der Waals surface area contributed by atoms with E-state index in [0.717, 1.165) is 43.7 Å². The molecular formula is C25H32N2O2. The van der Waals surface area contributed by atoms with E-state index in [9.17, 15) is 4.79 Å². The second kappa shape index (κ2) is 8.48. The van der Waals surface area contributed by atoms with Crippen molar-refractivity contribution in [2.45, 2.75) is 64.0 Å². The number of hydrogen-bond donors (Lipinski definition) is 1. The molecule has 0 bridgehead atoms. The number of piperidine rings is 1. The monoisotopic (exact) mass is 392 g/mol. The average Bonchev–Trinajstić information content (AvgIpc) is 2.79. The van der Waals surface area contributed by atoms with Crippen molar-refractivity contribution in [1.82, 2.24) is 5.32 Å². The zero-order valence-corrected chi connectivity index (χ0v) is 17.6. The summed E-state index contributed by atoms with van der Waals surface area (Å²) >= 11 is 0. The Morgan fingerprint density at radius 3 is 2.41 bits per heavy atom. The summed E-state index contributed by atoms with van der Waals surface area (Å²) in [6.07, 6.45) is 6.47. The number of benzene rings is 2. The number of nitrogens with zero attached hydrogens (tertiary/aromatic N) is 1. The van der Waals surface area contributed by atoms with Gasteiger partial charge in [0, 0.05) is 36.3 Å². The first-order chi connectivity index (χ1) is 14.1. The van der Waals surface area contributed by atoms with E-state index in [4.69, 9.17) is 4.74 Å². The molecule has 1 amide bonds. The number of fused-ring (bicyclic) bond motifs is 1. The summed E-state index contributed by atoms with van der Waals surface area (Å²) in [5.41, 5.74) is 2.79. The average molecular weight is 393 g/mol. The van der Waals surface area contributed by atoms with Crippen molar-refractivity contribution in [2.24, 2.45) is 0 Å². The van der Waals surface area contributed by atoms with Crippen molar-refractivity contribution in [1.29, 1.82) is 0 Å². The van der Waals surface area contributed by atoms with E-state index in [1.807, 2.05) is 30.3 Å². The Morgan fingerprint density at radius 1 is 1.03 bits per heavy atom. The molecular weight excluding hydrogens is 360 g/mol. The molecule has 29 heavy (non-hydrogen) atoms. The first-order valence-electron chi connectivity index (χ1n) is 11.1. The third-order valence-electron chi connectivity index (χ3n) is 6.64. The SMILES string of the molecule is CCC1(CC)CC(NC(=O)c2ccc(N3CCCCC3)cc2)c2ccccc2O1. The Balaban J connectivity index is 1.51. The van der Waals surface area contributed by atoms with Crippen molar-refractivity contribution in [2.75, 3.05) is 18.0 Å². The van der Waals surface area contributed by atoms with Gasteiger partial charge in [-0.2, -0.15) is 0 Å². The van der Waals surface area contributed by atoms with Gasteiger partial charge in [0.25, 0.3) is 5.91 Å². The zero-order valence-electron chi connectivity index (χ0n) is 17.6. The first-order valence-corrected chi connectivity index (χ1v) is 11.1. The lowest BCUT2D eigenvalue weighted by molar-refractivity contribution is 0.0227. The van der Waals surface area contributed by atoms with E-state index in [2.05, 4.69) is 42.3 Å². The van der Waals surface area contributed by atoms with Crippen LogP contribution in [-0.4, -0.2) is 24.6 Å². The van der Waals surface area contributed by atoms with Gasteiger partial charge in [0.2, 0.25) is 0 Å². The maximum absolute atomic E-state index is 13.0. The van der Waals surface area contributed by atoms with Crippen LogP contribution in [0.3, 0.4) is 0 Å². The van der Waals surface area contributed by atoms with Gasteiger partial charge in [-0.15, -0.1) is 0 Å². The van der Waals surface area contributed by atoms with Crippen LogP contribution in [-0.2, 0) is 0 Å². The first kappa shape index (κ1) is 19.8. The van der Waals surface area contributed by atoms with E-state index in [0.29, 0.717) is 5.56 Å². The predicted octanol–water partition coefficient (Wildman–Crippen LogP) is 5.49. The largest absolute Gasteiger partial charge is 0.487 e. The van der Waals surface area contributed by atoms with Crippen molar-refractivity contribution >= 4 is 11.6 Å². The van der Waals surface area contributed by atoms with Crippen LogP contribution in [0.25, 0.3) is 0 Å². The van der Waals surface area contributed by atoms with Gasteiger partial charge >= 0.3 is 0 Å². The molecule has 4 nitrogen and oxygen atoms in total. The number of nitrogens with one attached hydrogen (secondary N) is 1. The van der Waals surface area contributed by atoms with Crippen LogP contribution in [0.4, 0.5) is 5.69 Å². The standard InChI is InChI=1S/C25H32N2O2/c1-3-25(4-2)18-22(21-10-6-7-11-23(21)29-25)26-24(28)19-12-14-20(15-13-19)27-16-8-5-9-17-27/h6-7,10-15,22H,3-5,8-9,16-18H2,1-2H3,(H,26,28). The molecule has 2 aromatic carbocycles. The minimum atomic E-state index is -0.218. The molecule has 1 unspecified atom stereocenters. The molecule has 2 heterocycles. The van der Waals surface area contributed by atoms with Gasteiger partial charge < -0.3 is 15.0 Å². The lowest BCUT2D eigenvalue weighted by atomic mass is 9.83. The highest BCUT2D eigenvalue weighted by Gasteiger charge is 2.39. The highest BCUT2D eigenvalue weighted by atomic mass is 16.5. The topological polar surface area (TPSA) is 41.6 Å². The summed E-state index contributed by atoms with van der Waals surface area (Å²) in [6.45, 7) is 6.55. The Kier molecular flexibility index (Phi) is 5.79. The minimum absolute atomic E-state index is 0.0157. The number of amides is 1. The second-order valence-corrected chi connectivity index (χ2v) is 8.35. The maximum atomic E-state index is 13.0. The van der Waals surface area contributed by atoms with Crippen LogP contribution in [0.2, 0.25) is 0 Å². The van der Waals surface area contributed by atoms with Crippen LogP contribution < -0.4 is 15.0 Å². The molecule has 0 radical (unpaired) electrons. The Labute approximate surface area is 174 Å². The lowest BCUT2D eigenvalue weighted by Gasteiger charge is -2.41. The normalized spacial score (nSPS) is 20.5. The van der Waals surface area contributed by atoms with Crippen LogP contribution in [0, 0.1) is 0 Å². The smallest absolute Gasteiger partial charge is 0.251 e. The molecule has 2 aliphatic rings. The van der Waals surface area contributed by atoms with Crippen LogP contribution >= 0.6 is 0 Å². The van der Waals surface area contributed by atoms with E-state index in [1.54, 1.807) is 0 Å². The summed E-state index contributed by atoms with van der Waals surface area (Å²) < 4.78 is 6.36. The number of carbonyl (C=O) groups excluding carboxylic acids is 1. The number of para-hydroxylation sites is 1. The number of rotatable bonds is 5. The summed E-state index contributed by atoms with van der Waals surface area (Å²) in [7, 11) is 0. The van der Waals surface area contributed by atoms with Crippen molar-refractivity contribution in [3.05, 3.63) is 59.7 Å². The maximum Gasteiger partial charge on any atom is 0.251 e. The summed E-state index contributed by atoms with van der Waals surface area (Å²) in [5, 5.41) is 3.28. The Hall–Kier alpha value is -2.49. The summed E-state index contributed by atoms with van der Waals surface area (Å²) in [6, 6.07) is 16.1. The van der Waals surface area contributed by atoms with Gasteiger partial charge in [0.1, 0.15) is 11.4 Å². The number of hydrogen-bond acceptors (Lipinski definition) is 3. The molecule has 154 valence electrons. The second-order valence-electron chi connectivity index (χ2n) is 8.35. The summed E-state index contributed by atoms with van der Waals surface area (Å²) in [4.78, 5) is 15.4. The molecule has 4 heteroatoms. The summed E-state index contributed by atoms with van der Waals surface area (Å²) in [5.74, 6) is 0.881. The molecule has 1 N–H and O–H groups in total. The number of ether oxygens (including phenoxy) is 1. The molecule has 0 saturated carbocycles. The number of anilines is 1. The van der Waals surface area contributed by atoms with E-state index in [-0.39, 0.29) is 17.6 Å². The fourth-order valence-corrected chi connectivity index (χ4v) is 4.65. The van der Waals surface area contributed by atoms with Gasteiger partial charge in [0.05, 0.1) is 6.04 Å². The van der Waals surface area contributed by atoms with Crippen molar-refractivity contribution in [3.8, 4) is 5.75 Å². The Morgan fingerprint density at radius 2 is 1.72 bits per heavy atom. The van der Waals surface area contributed by atoms with Crippen molar-refractivity contribution < 1.29 is 9.53 Å². The zero-order chi connectivity index (χ0) is 20.3. The van der Waals surface area contributed by atoms with Gasteiger partial charge in [-0.3, -0.25) is 4.79 Å². The predicted molar refractivity (Wildman–Crippen MR) is 118 cm³/mol. The molecule has 1 saturated heterocycles. The van der Waals surface area contributed by atoms with Crippen LogP contribution in [0.1, 0.15) is 74.3 Å².